The van der Waals surface area contributed by atoms with Crippen molar-refractivity contribution in [2.75, 3.05) is 37.4 Å². The second-order valence-electron chi connectivity index (χ2n) is 10.5. The van der Waals surface area contributed by atoms with Gasteiger partial charge in [-0.25, -0.2) is 13.9 Å². The van der Waals surface area contributed by atoms with E-state index in [1.165, 1.54) is 0 Å². The van der Waals surface area contributed by atoms with E-state index >= 15 is 0 Å². The van der Waals surface area contributed by atoms with E-state index < -0.39 is 24.8 Å². The lowest BCUT2D eigenvalue weighted by molar-refractivity contribution is -0.135. The number of piperidine rings is 1. The molecule has 3 atom stereocenters. The highest BCUT2D eigenvalue weighted by molar-refractivity contribution is 5.96. The predicted molar refractivity (Wildman–Crippen MR) is 139 cm³/mol. The second-order valence-corrected chi connectivity index (χ2v) is 10.5. The normalized spacial score (nSPS) is 24.0. The Morgan fingerprint density at radius 1 is 1.18 bits per heavy atom. The van der Waals surface area contributed by atoms with E-state index in [1.54, 1.807) is 10.7 Å². The maximum atomic E-state index is 14.9. The van der Waals surface area contributed by atoms with Gasteiger partial charge in [0.2, 0.25) is 5.95 Å². The fourth-order valence-electron chi connectivity index (χ4n) is 5.63. The van der Waals surface area contributed by atoms with E-state index in [2.05, 4.69) is 25.3 Å². The largest absolute Gasteiger partial charge is 0.389 e. The van der Waals surface area contributed by atoms with Gasteiger partial charge >= 0.3 is 6.18 Å². The van der Waals surface area contributed by atoms with Gasteiger partial charge in [0.1, 0.15) is 11.7 Å². The van der Waals surface area contributed by atoms with Crippen molar-refractivity contribution >= 4 is 28.7 Å². The molecule has 0 bridgehead atoms. The van der Waals surface area contributed by atoms with Crippen molar-refractivity contribution in [1.29, 1.82) is 0 Å². The number of nitrogens with two attached hydrogens (primary N) is 1. The van der Waals surface area contributed by atoms with E-state index in [-0.39, 0.29) is 24.1 Å². The Morgan fingerprint density at radius 2 is 2.00 bits per heavy atom. The van der Waals surface area contributed by atoms with Crippen LogP contribution in [0.15, 0.2) is 29.4 Å². The van der Waals surface area contributed by atoms with Crippen LogP contribution < -0.4 is 11.1 Å². The summed E-state index contributed by atoms with van der Waals surface area (Å²) in [6.45, 7) is 4.23. The number of likely N-dealkylation sites (tertiary alicyclic amines) is 1. The van der Waals surface area contributed by atoms with Crippen molar-refractivity contribution in [3.8, 4) is 11.3 Å². The first-order valence-corrected chi connectivity index (χ1v) is 13.2. The SMILES string of the molecule is CC1=Nc2ccc(-c3ccn4nc(N[C@H]5CCN(C6COC6)C[C@H]5F)nc(N)c34)nc2C1CCCC(F)(F)F. The number of anilines is 2. The molecule has 0 radical (unpaired) electrons. The Balaban J connectivity index is 1.20. The van der Waals surface area contributed by atoms with Crippen LogP contribution in [0.4, 0.5) is 35.0 Å². The molecule has 0 aliphatic carbocycles. The number of hydrogen-bond acceptors (Lipinski definition) is 8. The maximum absolute atomic E-state index is 14.9. The molecule has 9 nitrogen and oxygen atoms in total. The number of nitrogens with zero attached hydrogens (tertiary/aromatic N) is 6. The second kappa shape index (κ2) is 10.0. The van der Waals surface area contributed by atoms with E-state index in [1.807, 2.05) is 25.1 Å². The lowest BCUT2D eigenvalue weighted by atomic mass is 9.94. The average Bonchev–Trinajstić information content (AvgIpc) is 3.40. The standard InChI is InChI=1S/C26H30F4N8O/c1-14-16(3-2-8-26(28,29)30)22-21(32-14)5-4-19(33-22)17-6-10-38-23(17)24(31)35-25(36-38)34-20-7-9-37(11-18(20)27)15-12-39-13-15/h4-6,10,15-16,18,20H,2-3,7-9,11-13H2,1H3,(H3,31,34,35,36)/t16?,18-,20+/m1/s1. The number of aromatic nitrogens is 4. The number of fused-ring (bicyclic) bond motifs is 2. The molecule has 3 aromatic rings. The first-order chi connectivity index (χ1) is 18.7. The fourth-order valence-corrected chi connectivity index (χ4v) is 5.63. The summed E-state index contributed by atoms with van der Waals surface area (Å²) in [6, 6.07) is 5.32. The minimum Gasteiger partial charge on any atom is -0.382 e. The molecule has 1 unspecified atom stereocenters. The summed E-state index contributed by atoms with van der Waals surface area (Å²) in [7, 11) is 0. The third kappa shape index (κ3) is 5.17. The van der Waals surface area contributed by atoms with Crippen molar-refractivity contribution in [2.45, 2.75) is 63.0 Å². The van der Waals surface area contributed by atoms with Gasteiger partial charge in [0.05, 0.1) is 42.4 Å². The highest BCUT2D eigenvalue weighted by Gasteiger charge is 2.36. The van der Waals surface area contributed by atoms with Crippen LogP contribution in [0.1, 0.15) is 44.2 Å². The molecule has 0 amide bonds. The van der Waals surface area contributed by atoms with Gasteiger partial charge in [-0.1, -0.05) is 0 Å². The van der Waals surface area contributed by atoms with Gasteiger partial charge in [0.15, 0.2) is 5.82 Å². The molecular weight excluding hydrogens is 516 g/mol. The van der Waals surface area contributed by atoms with Crippen molar-refractivity contribution in [2.24, 2.45) is 4.99 Å². The Morgan fingerprint density at radius 3 is 2.72 bits per heavy atom. The Labute approximate surface area is 222 Å². The maximum Gasteiger partial charge on any atom is 0.389 e. The van der Waals surface area contributed by atoms with Gasteiger partial charge < -0.3 is 15.8 Å². The number of rotatable bonds is 7. The molecule has 2 saturated heterocycles. The Kier molecular flexibility index (Phi) is 6.66. The van der Waals surface area contributed by atoms with Crippen molar-refractivity contribution in [3.63, 3.8) is 0 Å². The molecule has 39 heavy (non-hydrogen) atoms. The van der Waals surface area contributed by atoms with Crippen LogP contribution in [0.2, 0.25) is 0 Å². The zero-order valence-corrected chi connectivity index (χ0v) is 21.5. The number of ether oxygens (including phenoxy) is 1. The average molecular weight is 547 g/mol. The number of nitrogen functional groups attached to an aromatic ring is 1. The van der Waals surface area contributed by atoms with E-state index in [0.717, 1.165) is 12.3 Å². The molecule has 3 aromatic heterocycles. The van der Waals surface area contributed by atoms with Gasteiger partial charge in [-0.2, -0.15) is 18.2 Å². The van der Waals surface area contributed by atoms with Crippen molar-refractivity contribution in [1.82, 2.24) is 24.5 Å². The zero-order valence-electron chi connectivity index (χ0n) is 21.5. The van der Waals surface area contributed by atoms with Gasteiger partial charge in [-0.3, -0.25) is 9.89 Å². The molecule has 2 fully saturated rings. The fraction of sp³-hybridized carbons (Fsp3) is 0.538. The topological polar surface area (TPSA) is 106 Å². The Hall–Kier alpha value is -3.32. The van der Waals surface area contributed by atoms with Crippen LogP contribution in [-0.2, 0) is 4.74 Å². The number of hydrogen-bond donors (Lipinski definition) is 2. The zero-order chi connectivity index (χ0) is 27.3. The molecule has 208 valence electrons. The summed E-state index contributed by atoms with van der Waals surface area (Å²) in [5.74, 6) is 0.187. The molecule has 0 spiro atoms. The molecule has 3 aliphatic heterocycles. The molecule has 13 heteroatoms. The summed E-state index contributed by atoms with van der Waals surface area (Å²) >= 11 is 0. The van der Waals surface area contributed by atoms with Gasteiger partial charge in [0.25, 0.3) is 0 Å². The van der Waals surface area contributed by atoms with Gasteiger partial charge in [0, 0.05) is 42.9 Å². The first kappa shape index (κ1) is 25.9. The van der Waals surface area contributed by atoms with Crippen LogP contribution in [0.25, 0.3) is 16.8 Å². The van der Waals surface area contributed by atoms with E-state index in [0.29, 0.717) is 66.8 Å². The van der Waals surface area contributed by atoms with Crippen LogP contribution in [-0.4, -0.2) is 80.9 Å². The van der Waals surface area contributed by atoms with Crippen molar-refractivity contribution < 1.29 is 22.3 Å². The number of halogens is 4. The molecule has 6 heterocycles. The summed E-state index contributed by atoms with van der Waals surface area (Å²) in [5, 5.41) is 7.63. The first-order valence-electron chi connectivity index (χ1n) is 13.2. The minimum absolute atomic E-state index is 0.00581. The molecule has 3 aliphatic rings. The summed E-state index contributed by atoms with van der Waals surface area (Å²) in [4.78, 5) is 15.8. The summed E-state index contributed by atoms with van der Waals surface area (Å²) < 4.78 is 59.8. The highest BCUT2D eigenvalue weighted by Crippen LogP contribution is 2.40. The molecule has 0 aromatic carbocycles. The van der Waals surface area contributed by atoms with Crippen LogP contribution in [0.5, 0.6) is 0 Å². The minimum atomic E-state index is -4.19. The number of pyridine rings is 1. The smallest absolute Gasteiger partial charge is 0.382 e. The molecule has 6 rings (SSSR count). The third-order valence-electron chi connectivity index (χ3n) is 7.82. The lowest BCUT2D eigenvalue weighted by Gasteiger charge is -2.42. The number of nitrogens with one attached hydrogen (secondary N) is 1. The number of aliphatic imine (C=N–C) groups is 1. The molecular formula is C26H30F4N8O. The van der Waals surface area contributed by atoms with Gasteiger partial charge in [-0.15, -0.1) is 5.10 Å². The quantitative estimate of drug-likeness (QED) is 0.420. The van der Waals surface area contributed by atoms with Crippen LogP contribution in [0.3, 0.4) is 0 Å². The third-order valence-corrected chi connectivity index (χ3v) is 7.82. The lowest BCUT2D eigenvalue weighted by Crippen LogP contribution is -2.57. The van der Waals surface area contributed by atoms with E-state index in [9.17, 15) is 17.6 Å². The molecule has 0 saturated carbocycles. The van der Waals surface area contributed by atoms with Crippen LogP contribution >= 0.6 is 0 Å². The monoisotopic (exact) mass is 546 g/mol. The number of alkyl halides is 4. The highest BCUT2D eigenvalue weighted by atomic mass is 19.4. The molecule has 3 N–H and O–H groups in total. The van der Waals surface area contributed by atoms with Gasteiger partial charge in [-0.05, 0) is 44.4 Å². The Bertz CT molecular complexity index is 1400. The van der Waals surface area contributed by atoms with Crippen molar-refractivity contribution in [3.05, 3.63) is 30.1 Å². The van der Waals surface area contributed by atoms with Crippen LogP contribution in [0, 0.1) is 0 Å². The summed E-state index contributed by atoms with van der Waals surface area (Å²) in [6.07, 6.45) is -3.43. The van der Waals surface area contributed by atoms with E-state index in [4.69, 9.17) is 15.5 Å². The predicted octanol–water partition coefficient (Wildman–Crippen LogP) is 4.52. The summed E-state index contributed by atoms with van der Waals surface area (Å²) in [5.41, 5.74) is 10.3.